The number of anilines is 1. The molecule has 0 aliphatic rings. The summed E-state index contributed by atoms with van der Waals surface area (Å²) >= 11 is 4.90. The van der Waals surface area contributed by atoms with Crippen molar-refractivity contribution < 1.29 is 4.79 Å². The predicted molar refractivity (Wildman–Crippen MR) is 90.3 cm³/mol. The number of benzene rings is 1. The summed E-state index contributed by atoms with van der Waals surface area (Å²) in [4.78, 5) is 15.0. The molecule has 0 radical (unpaired) electrons. The third kappa shape index (κ3) is 2.69. The minimum atomic E-state index is 0.000947. The van der Waals surface area contributed by atoms with Crippen LogP contribution in [0.4, 0.5) is 5.69 Å². The average molecular weight is 355 g/mol. The summed E-state index contributed by atoms with van der Waals surface area (Å²) in [5.41, 5.74) is 6.74. The van der Waals surface area contributed by atoms with E-state index in [0.29, 0.717) is 16.5 Å². The van der Waals surface area contributed by atoms with Gasteiger partial charge in [-0.25, -0.2) is 0 Å². The lowest BCUT2D eigenvalue weighted by Gasteiger charge is -2.27. The second-order valence-corrected chi connectivity index (χ2v) is 7.35. The van der Waals surface area contributed by atoms with Gasteiger partial charge in [0.1, 0.15) is 4.88 Å². The number of halogens is 1. The van der Waals surface area contributed by atoms with E-state index in [1.165, 1.54) is 11.3 Å². The van der Waals surface area contributed by atoms with Gasteiger partial charge >= 0.3 is 0 Å². The van der Waals surface area contributed by atoms with Gasteiger partial charge < -0.3 is 10.6 Å². The molecule has 0 aliphatic heterocycles. The number of thiophene rings is 1. The molecule has 0 aliphatic carbocycles. The molecule has 2 rings (SSSR count). The maximum atomic E-state index is 12.6. The lowest BCUT2D eigenvalue weighted by molar-refractivity contribution is 0.0713. The normalized spacial score (nSPS) is 12.9. The highest BCUT2D eigenvalue weighted by Crippen LogP contribution is 2.36. The van der Waals surface area contributed by atoms with Crippen LogP contribution in [0.3, 0.4) is 0 Å². The molecule has 0 bridgehead atoms. The first-order chi connectivity index (χ1) is 9.32. The van der Waals surface area contributed by atoms with Crippen LogP contribution in [-0.2, 0) is 0 Å². The van der Waals surface area contributed by atoms with E-state index in [1.54, 1.807) is 4.90 Å². The van der Waals surface area contributed by atoms with Crippen molar-refractivity contribution in [2.45, 2.75) is 26.8 Å². The smallest absolute Gasteiger partial charge is 0.266 e. The predicted octanol–water partition coefficient (Wildman–Crippen LogP) is 4.36. The van der Waals surface area contributed by atoms with Crippen molar-refractivity contribution in [1.82, 2.24) is 4.90 Å². The molecule has 1 amide bonds. The molecule has 1 unspecified atom stereocenters. The van der Waals surface area contributed by atoms with Gasteiger partial charge in [-0.3, -0.25) is 4.79 Å². The molecule has 108 valence electrons. The number of amides is 1. The fourth-order valence-electron chi connectivity index (χ4n) is 2.04. The summed E-state index contributed by atoms with van der Waals surface area (Å²) in [6, 6.07) is 6.08. The van der Waals surface area contributed by atoms with Crippen LogP contribution in [0.15, 0.2) is 22.7 Å². The first-order valence-electron chi connectivity index (χ1n) is 6.57. The van der Waals surface area contributed by atoms with E-state index in [4.69, 9.17) is 5.73 Å². The molecule has 0 spiro atoms. The standard InChI is InChI=1S/C15H19BrN2OS/c1-8(2)9(3)18(4)15(19)14-13(17)11-6-5-10(16)7-12(11)20-14/h5-9H,17H2,1-4H3. The van der Waals surface area contributed by atoms with Crippen molar-refractivity contribution in [3.8, 4) is 0 Å². The number of carbonyl (C=O) groups excluding carboxylic acids is 1. The fraction of sp³-hybridized carbons (Fsp3) is 0.400. The molecule has 5 heteroatoms. The molecule has 3 nitrogen and oxygen atoms in total. The lowest BCUT2D eigenvalue weighted by Crippen LogP contribution is -2.38. The Morgan fingerprint density at radius 2 is 2.00 bits per heavy atom. The number of nitrogens with two attached hydrogens (primary N) is 1. The molecule has 1 aromatic carbocycles. The highest BCUT2D eigenvalue weighted by molar-refractivity contribution is 9.10. The minimum absolute atomic E-state index is 0.000947. The third-order valence-corrected chi connectivity index (χ3v) is 5.43. The number of nitrogen functional groups attached to an aromatic ring is 1. The molecule has 0 saturated carbocycles. The summed E-state index contributed by atoms with van der Waals surface area (Å²) in [5.74, 6) is 0.412. The highest BCUT2D eigenvalue weighted by Gasteiger charge is 2.24. The van der Waals surface area contributed by atoms with E-state index >= 15 is 0 Å². The summed E-state index contributed by atoms with van der Waals surface area (Å²) in [5, 5.41) is 0.951. The Balaban J connectivity index is 2.42. The number of hydrogen-bond acceptors (Lipinski definition) is 3. The Morgan fingerprint density at radius 3 is 2.60 bits per heavy atom. The van der Waals surface area contributed by atoms with E-state index in [9.17, 15) is 4.79 Å². The largest absolute Gasteiger partial charge is 0.397 e. The van der Waals surface area contributed by atoms with Crippen LogP contribution in [0.25, 0.3) is 10.1 Å². The monoisotopic (exact) mass is 354 g/mol. The Morgan fingerprint density at radius 1 is 1.35 bits per heavy atom. The van der Waals surface area contributed by atoms with Crippen LogP contribution in [0, 0.1) is 5.92 Å². The van der Waals surface area contributed by atoms with Gasteiger partial charge in [0.15, 0.2) is 0 Å². The molecule has 1 heterocycles. The number of rotatable bonds is 3. The zero-order chi connectivity index (χ0) is 15.0. The zero-order valence-corrected chi connectivity index (χ0v) is 14.5. The van der Waals surface area contributed by atoms with Crippen LogP contribution in [0.1, 0.15) is 30.4 Å². The lowest BCUT2D eigenvalue weighted by atomic mass is 10.1. The van der Waals surface area contributed by atoms with Crippen molar-refractivity contribution in [3.63, 3.8) is 0 Å². The number of fused-ring (bicyclic) bond motifs is 1. The molecule has 20 heavy (non-hydrogen) atoms. The van der Waals surface area contributed by atoms with Crippen LogP contribution in [-0.4, -0.2) is 23.9 Å². The van der Waals surface area contributed by atoms with E-state index < -0.39 is 0 Å². The van der Waals surface area contributed by atoms with Crippen LogP contribution < -0.4 is 5.73 Å². The van der Waals surface area contributed by atoms with E-state index in [2.05, 4.69) is 36.7 Å². The van der Waals surface area contributed by atoms with Crippen molar-refractivity contribution in [1.29, 1.82) is 0 Å². The van der Waals surface area contributed by atoms with Crippen molar-refractivity contribution >= 4 is 48.9 Å². The Labute approximate surface area is 131 Å². The van der Waals surface area contributed by atoms with Gasteiger partial charge in [0.05, 0.1) is 5.69 Å². The van der Waals surface area contributed by atoms with Gasteiger partial charge in [-0.15, -0.1) is 11.3 Å². The molecule has 0 fully saturated rings. The maximum Gasteiger partial charge on any atom is 0.266 e. The Hall–Kier alpha value is -1.07. The second kappa shape index (κ2) is 5.74. The molecular formula is C15H19BrN2OS. The van der Waals surface area contributed by atoms with E-state index in [0.717, 1.165) is 14.6 Å². The fourth-order valence-corrected chi connectivity index (χ4v) is 3.70. The molecule has 1 aromatic heterocycles. The highest BCUT2D eigenvalue weighted by atomic mass is 79.9. The SMILES string of the molecule is CC(C)C(C)N(C)C(=O)c1sc2cc(Br)ccc2c1N. The van der Waals surface area contributed by atoms with Gasteiger partial charge in [0.2, 0.25) is 0 Å². The molecule has 2 aromatic rings. The topological polar surface area (TPSA) is 46.3 Å². The van der Waals surface area contributed by atoms with Gasteiger partial charge in [-0.05, 0) is 25.0 Å². The van der Waals surface area contributed by atoms with E-state index in [-0.39, 0.29) is 11.9 Å². The summed E-state index contributed by atoms with van der Waals surface area (Å²) in [7, 11) is 1.84. The minimum Gasteiger partial charge on any atom is -0.397 e. The number of hydrogen-bond donors (Lipinski definition) is 1. The van der Waals surface area contributed by atoms with Crippen LogP contribution >= 0.6 is 27.3 Å². The quantitative estimate of drug-likeness (QED) is 0.889. The molecular weight excluding hydrogens is 336 g/mol. The summed E-state index contributed by atoms with van der Waals surface area (Å²) < 4.78 is 2.03. The summed E-state index contributed by atoms with van der Waals surface area (Å²) in [6.45, 7) is 6.28. The Bertz CT molecular complexity index is 651. The number of nitrogens with zero attached hydrogens (tertiary/aromatic N) is 1. The van der Waals surface area contributed by atoms with E-state index in [1.807, 2.05) is 25.2 Å². The van der Waals surface area contributed by atoms with Gasteiger partial charge in [0.25, 0.3) is 5.91 Å². The zero-order valence-electron chi connectivity index (χ0n) is 12.1. The van der Waals surface area contributed by atoms with Gasteiger partial charge in [0, 0.05) is 27.6 Å². The van der Waals surface area contributed by atoms with Crippen molar-refractivity contribution in [2.75, 3.05) is 12.8 Å². The first kappa shape index (κ1) is 15.3. The number of carbonyl (C=O) groups is 1. The summed E-state index contributed by atoms with van der Waals surface area (Å²) in [6.07, 6.45) is 0. The molecule has 1 atom stereocenters. The Kier molecular flexibility index (Phi) is 4.39. The third-order valence-electron chi connectivity index (χ3n) is 3.78. The second-order valence-electron chi connectivity index (χ2n) is 5.39. The van der Waals surface area contributed by atoms with Gasteiger partial charge in [-0.1, -0.05) is 35.8 Å². The van der Waals surface area contributed by atoms with Crippen molar-refractivity contribution in [2.24, 2.45) is 5.92 Å². The molecule has 2 N–H and O–H groups in total. The van der Waals surface area contributed by atoms with Crippen LogP contribution in [0.2, 0.25) is 0 Å². The van der Waals surface area contributed by atoms with Crippen molar-refractivity contribution in [3.05, 3.63) is 27.5 Å². The van der Waals surface area contributed by atoms with Gasteiger partial charge in [-0.2, -0.15) is 0 Å². The first-order valence-corrected chi connectivity index (χ1v) is 8.18. The average Bonchev–Trinajstić information content (AvgIpc) is 2.72. The van der Waals surface area contributed by atoms with Crippen LogP contribution in [0.5, 0.6) is 0 Å². The maximum absolute atomic E-state index is 12.6. The molecule has 0 saturated heterocycles.